The van der Waals surface area contributed by atoms with Gasteiger partial charge in [-0.25, -0.2) is 4.98 Å². The van der Waals surface area contributed by atoms with Crippen LogP contribution < -0.4 is 9.64 Å². The van der Waals surface area contributed by atoms with Crippen LogP contribution in [-0.2, 0) is 11.8 Å². The maximum Gasteiger partial charge on any atom is 0.244 e. The van der Waals surface area contributed by atoms with Crippen LogP contribution in [-0.4, -0.2) is 69.1 Å². The number of fused-ring (bicyclic) bond motifs is 1. The number of H-pyrrole nitrogens is 1. The van der Waals surface area contributed by atoms with Crippen LogP contribution in [0.2, 0.25) is 0 Å². The SMILES string of the molecule is COc1cc2[nH]nc(-c3cnn(C)c3)c2nc1N1CCN(C)C(=O)C1C. The number of aromatic nitrogens is 5. The third kappa shape index (κ3) is 2.47. The number of anilines is 1. The lowest BCUT2D eigenvalue weighted by atomic mass is 10.1. The summed E-state index contributed by atoms with van der Waals surface area (Å²) in [5.74, 6) is 1.34. The van der Waals surface area contributed by atoms with Gasteiger partial charge in [0, 0.05) is 45.0 Å². The van der Waals surface area contributed by atoms with Gasteiger partial charge in [-0.15, -0.1) is 0 Å². The van der Waals surface area contributed by atoms with E-state index in [-0.39, 0.29) is 11.9 Å². The monoisotopic (exact) mass is 355 g/mol. The molecule has 26 heavy (non-hydrogen) atoms. The number of nitrogens with zero attached hydrogens (tertiary/aromatic N) is 6. The van der Waals surface area contributed by atoms with E-state index in [0.29, 0.717) is 24.7 Å². The van der Waals surface area contributed by atoms with Gasteiger partial charge in [0.25, 0.3) is 0 Å². The first kappa shape index (κ1) is 16.4. The van der Waals surface area contributed by atoms with Crippen molar-refractivity contribution in [3.05, 3.63) is 18.5 Å². The van der Waals surface area contributed by atoms with E-state index in [0.717, 1.165) is 22.3 Å². The number of likely N-dealkylation sites (N-methyl/N-ethyl adjacent to an activating group) is 1. The molecule has 1 amide bonds. The summed E-state index contributed by atoms with van der Waals surface area (Å²) in [7, 11) is 5.28. The second kappa shape index (κ2) is 6.01. The van der Waals surface area contributed by atoms with Gasteiger partial charge in [-0.05, 0) is 6.92 Å². The topological polar surface area (TPSA) is 92.2 Å². The Kier molecular flexibility index (Phi) is 3.78. The predicted octanol–water partition coefficient (Wildman–Crippen LogP) is 1.03. The molecule has 9 heteroatoms. The first-order valence-electron chi connectivity index (χ1n) is 8.43. The lowest BCUT2D eigenvalue weighted by molar-refractivity contribution is -0.132. The molecule has 1 atom stereocenters. The minimum Gasteiger partial charge on any atom is -0.493 e. The zero-order chi connectivity index (χ0) is 18.4. The van der Waals surface area contributed by atoms with Crippen molar-refractivity contribution >= 4 is 22.8 Å². The minimum atomic E-state index is -0.304. The van der Waals surface area contributed by atoms with Crippen LogP contribution in [0, 0.1) is 0 Å². The molecule has 1 fully saturated rings. The van der Waals surface area contributed by atoms with E-state index in [1.807, 2.05) is 38.2 Å². The largest absolute Gasteiger partial charge is 0.493 e. The molecule has 1 aliphatic heterocycles. The molecule has 3 aromatic heterocycles. The highest BCUT2D eigenvalue weighted by Gasteiger charge is 2.32. The molecule has 4 heterocycles. The number of hydrogen-bond donors (Lipinski definition) is 1. The summed E-state index contributed by atoms with van der Waals surface area (Å²) in [4.78, 5) is 21.0. The van der Waals surface area contributed by atoms with Gasteiger partial charge in [0.15, 0.2) is 11.6 Å². The average molecular weight is 355 g/mol. The fourth-order valence-corrected chi connectivity index (χ4v) is 3.32. The molecule has 0 saturated carbocycles. The van der Waals surface area contributed by atoms with E-state index in [1.54, 1.807) is 22.9 Å². The van der Waals surface area contributed by atoms with Crippen LogP contribution in [0.15, 0.2) is 18.5 Å². The first-order chi connectivity index (χ1) is 12.5. The van der Waals surface area contributed by atoms with Gasteiger partial charge in [0.05, 0.1) is 18.8 Å². The molecule has 0 radical (unpaired) electrons. The van der Waals surface area contributed by atoms with Gasteiger partial charge >= 0.3 is 0 Å². The highest BCUT2D eigenvalue weighted by Crippen LogP contribution is 2.34. The lowest BCUT2D eigenvalue weighted by Gasteiger charge is -2.38. The number of ether oxygens (including phenoxy) is 1. The zero-order valence-corrected chi connectivity index (χ0v) is 15.2. The standard InChI is InChI=1S/C17H21N7O2/c1-10-17(25)22(2)5-6-24(10)16-13(26-4)7-12-15(19-16)14(21-20-12)11-8-18-23(3)9-11/h7-10H,5-6H2,1-4H3,(H,20,21). The molecule has 1 saturated heterocycles. The molecular weight excluding hydrogens is 334 g/mol. The molecule has 9 nitrogen and oxygen atoms in total. The highest BCUT2D eigenvalue weighted by atomic mass is 16.5. The second-order valence-electron chi connectivity index (χ2n) is 6.51. The van der Waals surface area contributed by atoms with Gasteiger partial charge in [-0.2, -0.15) is 10.2 Å². The molecule has 0 aromatic carbocycles. The Balaban J connectivity index is 1.84. The van der Waals surface area contributed by atoms with Crippen LogP contribution in [0.25, 0.3) is 22.3 Å². The van der Waals surface area contributed by atoms with Crippen molar-refractivity contribution in [3.8, 4) is 17.0 Å². The van der Waals surface area contributed by atoms with E-state index >= 15 is 0 Å². The molecule has 0 spiro atoms. The summed E-state index contributed by atoms with van der Waals surface area (Å²) < 4.78 is 7.27. The number of aryl methyl sites for hydroxylation is 1. The summed E-state index contributed by atoms with van der Waals surface area (Å²) in [5.41, 5.74) is 3.11. The lowest BCUT2D eigenvalue weighted by Crippen LogP contribution is -2.54. The number of piperazine rings is 1. The summed E-state index contributed by atoms with van der Waals surface area (Å²) in [6.07, 6.45) is 3.65. The van der Waals surface area contributed by atoms with E-state index < -0.39 is 0 Å². The fourth-order valence-electron chi connectivity index (χ4n) is 3.32. The number of carbonyl (C=O) groups is 1. The Morgan fingerprint density at radius 3 is 2.81 bits per heavy atom. The van der Waals surface area contributed by atoms with Crippen molar-refractivity contribution in [1.29, 1.82) is 0 Å². The molecule has 1 N–H and O–H groups in total. The Morgan fingerprint density at radius 1 is 1.31 bits per heavy atom. The van der Waals surface area contributed by atoms with Crippen molar-refractivity contribution in [2.45, 2.75) is 13.0 Å². The van der Waals surface area contributed by atoms with Crippen LogP contribution in [0.3, 0.4) is 0 Å². The van der Waals surface area contributed by atoms with Gasteiger partial charge in [-0.3, -0.25) is 14.6 Å². The summed E-state index contributed by atoms with van der Waals surface area (Å²) in [5, 5.41) is 11.6. The number of hydrogen-bond acceptors (Lipinski definition) is 6. The quantitative estimate of drug-likeness (QED) is 0.755. The average Bonchev–Trinajstić information content (AvgIpc) is 3.24. The summed E-state index contributed by atoms with van der Waals surface area (Å²) in [6.45, 7) is 3.23. The number of rotatable bonds is 3. The molecule has 0 bridgehead atoms. The second-order valence-corrected chi connectivity index (χ2v) is 6.51. The van der Waals surface area contributed by atoms with Gasteiger partial charge in [-0.1, -0.05) is 0 Å². The van der Waals surface area contributed by atoms with Crippen LogP contribution >= 0.6 is 0 Å². The minimum absolute atomic E-state index is 0.0693. The number of nitrogens with one attached hydrogen (secondary N) is 1. The predicted molar refractivity (Wildman–Crippen MR) is 97.1 cm³/mol. The summed E-state index contributed by atoms with van der Waals surface area (Å²) in [6, 6.07) is 1.57. The van der Waals surface area contributed by atoms with E-state index in [1.165, 1.54) is 0 Å². The van der Waals surface area contributed by atoms with Crippen molar-refractivity contribution in [1.82, 2.24) is 29.9 Å². The highest BCUT2D eigenvalue weighted by molar-refractivity contribution is 5.93. The van der Waals surface area contributed by atoms with Crippen LogP contribution in [0.1, 0.15) is 6.92 Å². The van der Waals surface area contributed by atoms with Gasteiger partial charge in [0.1, 0.15) is 17.3 Å². The number of methoxy groups -OCH3 is 1. The number of carbonyl (C=O) groups excluding carboxylic acids is 1. The van der Waals surface area contributed by atoms with E-state index in [9.17, 15) is 4.79 Å². The van der Waals surface area contributed by atoms with Crippen molar-refractivity contribution in [2.75, 3.05) is 32.1 Å². The smallest absolute Gasteiger partial charge is 0.244 e. The normalized spacial score (nSPS) is 18.0. The molecular formula is C17H21N7O2. The van der Waals surface area contributed by atoms with Crippen molar-refractivity contribution < 1.29 is 9.53 Å². The van der Waals surface area contributed by atoms with Crippen molar-refractivity contribution in [3.63, 3.8) is 0 Å². The maximum atomic E-state index is 12.4. The van der Waals surface area contributed by atoms with Gasteiger partial charge < -0.3 is 14.5 Å². The third-order valence-corrected chi connectivity index (χ3v) is 4.83. The van der Waals surface area contributed by atoms with Gasteiger partial charge in [0.2, 0.25) is 5.91 Å². The van der Waals surface area contributed by atoms with E-state index in [2.05, 4.69) is 15.3 Å². The molecule has 1 unspecified atom stereocenters. The fraction of sp³-hybridized carbons (Fsp3) is 0.412. The Bertz CT molecular complexity index is 977. The molecule has 136 valence electrons. The van der Waals surface area contributed by atoms with Crippen LogP contribution in [0.4, 0.5) is 5.82 Å². The third-order valence-electron chi connectivity index (χ3n) is 4.83. The number of aromatic amines is 1. The maximum absolute atomic E-state index is 12.4. The molecule has 3 aromatic rings. The number of amides is 1. The Hall–Kier alpha value is -3.10. The zero-order valence-electron chi connectivity index (χ0n) is 15.2. The number of pyridine rings is 1. The molecule has 4 rings (SSSR count). The van der Waals surface area contributed by atoms with Crippen LogP contribution in [0.5, 0.6) is 5.75 Å². The Labute approximate surface area is 150 Å². The first-order valence-corrected chi connectivity index (χ1v) is 8.43. The summed E-state index contributed by atoms with van der Waals surface area (Å²) >= 11 is 0. The molecule has 1 aliphatic rings. The molecule has 0 aliphatic carbocycles. The Morgan fingerprint density at radius 2 is 2.12 bits per heavy atom. The van der Waals surface area contributed by atoms with Crippen molar-refractivity contribution in [2.24, 2.45) is 7.05 Å². The van der Waals surface area contributed by atoms with E-state index in [4.69, 9.17) is 9.72 Å².